The summed E-state index contributed by atoms with van der Waals surface area (Å²) in [5.74, 6) is 0.397. The summed E-state index contributed by atoms with van der Waals surface area (Å²) in [5, 5.41) is 1.36. The normalized spacial score (nSPS) is 14.5. The van der Waals surface area contributed by atoms with E-state index >= 15 is 0 Å². The summed E-state index contributed by atoms with van der Waals surface area (Å²) in [4.78, 5) is 16.8. The van der Waals surface area contributed by atoms with Gasteiger partial charge in [0.15, 0.2) is 21.3 Å². The molecule has 1 amide bonds. The number of benzene rings is 2. The van der Waals surface area contributed by atoms with Crippen LogP contribution in [0.5, 0.6) is 11.5 Å². The highest BCUT2D eigenvalue weighted by atomic mass is 32.2. The Morgan fingerprint density at radius 1 is 1.10 bits per heavy atom. The van der Waals surface area contributed by atoms with Crippen molar-refractivity contribution in [3.63, 3.8) is 0 Å². The van der Waals surface area contributed by atoms with Gasteiger partial charge in [0.25, 0.3) is 0 Å². The first-order valence-electron chi connectivity index (χ1n) is 9.84. The number of fused-ring (bicyclic) bond motifs is 1. The fourth-order valence-corrected chi connectivity index (χ4v) is 4.25. The van der Waals surface area contributed by atoms with Crippen molar-refractivity contribution in [3.05, 3.63) is 60.5 Å². The number of nitrogens with zero attached hydrogens (tertiary/aromatic N) is 1. The first kappa shape index (κ1) is 20.9. The minimum absolute atomic E-state index is 0.245. The van der Waals surface area contributed by atoms with E-state index in [1.165, 1.54) is 13.2 Å². The van der Waals surface area contributed by atoms with Crippen molar-refractivity contribution < 1.29 is 27.1 Å². The Labute approximate surface area is 180 Å². The monoisotopic (exact) mass is 442 g/mol. The maximum atomic E-state index is 12.8. The lowest BCUT2D eigenvalue weighted by Crippen LogP contribution is -2.33. The van der Waals surface area contributed by atoms with Crippen LogP contribution in [0, 0.1) is 0 Å². The molecule has 2 aromatic carbocycles. The molecular weight excluding hydrogens is 420 g/mol. The summed E-state index contributed by atoms with van der Waals surface area (Å²) in [6.07, 6.45) is 2.06. The van der Waals surface area contributed by atoms with Gasteiger partial charge in [-0.1, -0.05) is 18.2 Å². The molecule has 0 fully saturated rings. The van der Waals surface area contributed by atoms with Crippen LogP contribution >= 0.6 is 0 Å². The van der Waals surface area contributed by atoms with Gasteiger partial charge in [-0.05, 0) is 31.2 Å². The molecule has 0 bridgehead atoms. The van der Waals surface area contributed by atoms with E-state index in [-0.39, 0.29) is 5.69 Å². The average Bonchev–Trinajstić information content (AvgIpc) is 3.09. The molecule has 31 heavy (non-hydrogen) atoms. The van der Waals surface area contributed by atoms with Crippen LogP contribution in [0.15, 0.2) is 59.2 Å². The standard InChI is InChI=1S/C22H22N2O6S/c1-15(21(25)23-17-8-9-19-20(12-17)29-11-5-10-28-19)31(26,27)14-18-13-30-22(24-18)16-6-3-2-4-7-16/h2-4,6-9,12-13,15H,5,10-11,14H2,1H3,(H,23,25). The molecule has 0 saturated carbocycles. The van der Waals surface area contributed by atoms with Gasteiger partial charge in [0.05, 0.1) is 24.7 Å². The summed E-state index contributed by atoms with van der Waals surface area (Å²) in [7, 11) is -3.82. The van der Waals surface area contributed by atoms with Gasteiger partial charge in [0.1, 0.15) is 11.5 Å². The molecule has 1 aliphatic heterocycles. The number of anilines is 1. The molecule has 0 radical (unpaired) electrons. The van der Waals surface area contributed by atoms with Gasteiger partial charge in [-0.3, -0.25) is 4.79 Å². The number of sulfone groups is 1. The highest BCUT2D eigenvalue weighted by molar-refractivity contribution is 7.92. The molecule has 1 aromatic heterocycles. The van der Waals surface area contributed by atoms with E-state index in [4.69, 9.17) is 13.9 Å². The summed E-state index contributed by atoms with van der Waals surface area (Å²) in [5.41, 5.74) is 1.42. The van der Waals surface area contributed by atoms with Crippen molar-refractivity contribution in [2.45, 2.75) is 24.3 Å². The van der Waals surface area contributed by atoms with Crippen LogP contribution in [-0.2, 0) is 20.4 Å². The minimum Gasteiger partial charge on any atom is -0.490 e. The van der Waals surface area contributed by atoms with Crippen LogP contribution in [-0.4, -0.2) is 37.8 Å². The number of aromatic nitrogens is 1. The fraction of sp³-hybridized carbons (Fsp3) is 0.273. The van der Waals surface area contributed by atoms with Crippen LogP contribution in [0.1, 0.15) is 19.0 Å². The number of amides is 1. The van der Waals surface area contributed by atoms with E-state index < -0.39 is 26.7 Å². The second kappa shape index (κ2) is 8.81. The van der Waals surface area contributed by atoms with E-state index in [0.717, 1.165) is 12.0 Å². The first-order chi connectivity index (χ1) is 14.9. The molecule has 1 N–H and O–H groups in total. The van der Waals surface area contributed by atoms with E-state index in [0.29, 0.717) is 36.3 Å². The predicted molar refractivity (Wildman–Crippen MR) is 115 cm³/mol. The summed E-state index contributed by atoms with van der Waals surface area (Å²) >= 11 is 0. The zero-order chi connectivity index (χ0) is 21.8. The zero-order valence-corrected chi connectivity index (χ0v) is 17.7. The quantitative estimate of drug-likeness (QED) is 0.623. The molecule has 0 saturated heterocycles. The number of ether oxygens (including phenoxy) is 2. The predicted octanol–water partition coefficient (Wildman–Crippen LogP) is 3.44. The lowest BCUT2D eigenvalue weighted by Gasteiger charge is -2.14. The minimum atomic E-state index is -3.82. The Balaban J connectivity index is 1.43. The third-order valence-electron chi connectivity index (χ3n) is 4.84. The smallest absolute Gasteiger partial charge is 0.242 e. The number of oxazole rings is 1. The Morgan fingerprint density at radius 2 is 1.84 bits per heavy atom. The van der Waals surface area contributed by atoms with Crippen LogP contribution in [0.2, 0.25) is 0 Å². The highest BCUT2D eigenvalue weighted by Gasteiger charge is 2.29. The second-order valence-electron chi connectivity index (χ2n) is 7.16. The lowest BCUT2D eigenvalue weighted by molar-refractivity contribution is -0.115. The number of hydrogen-bond donors (Lipinski definition) is 1. The molecule has 3 aromatic rings. The molecule has 162 valence electrons. The van der Waals surface area contributed by atoms with Gasteiger partial charge >= 0.3 is 0 Å². The van der Waals surface area contributed by atoms with Crippen LogP contribution in [0.3, 0.4) is 0 Å². The molecule has 0 aliphatic carbocycles. The second-order valence-corrected chi connectivity index (χ2v) is 9.48. The molecule has 0 spiro atoms. The van der Waals surface area contributed by atoms with Gasteiger partial charge in [-0.15, -0.1) is 0 Å². The van der Waals surface area contributed by atoms with E-state index in [1.54, 1.807) is 18.2 Å². The van der Waals surface area contributed by atoms with Gasteiger partial charge in [-0.2, -0.15) is 0 Å². The maximum Gasteiger partial charge on any atom is 0.242 e. The van der Waals surface area contributed by atoms with Crippen LogP contribution in [0.4, 0.5) is 5.69 Å². The number of nitrogens with one attached hydrogen (secondary N) is 1. The van der Waals surface area contributed by atoms with Crippen molar-refractivity contribution in [2.24, 2.45) is 0 Å². The Kier molecular flexibility index (Phi) is 5.94. The van der Waals surface area contributed by atoms with E-state index in [1.807, 2.05) is 30.3 Å². The number of rotatable bonds is 6. The molecule has 4 rings (SSSR count). The summed E-state index contributed by atoms with van der Waals surface area (Å²) in [6, 6.07) is 14.1. The largest absolute Gasteiger partial charge is 0.490 e. The molecule has 1 unspecified atom stereocenters. The van der Waals surface area contributed by atoms with Crippen molar-refractivity contribution in [1.29, 1.82) is 0 Å². The van der Waals surface area contributed by atoms with Crippen molar-refractivity contribution in [3.8, 4) is 23.0 Å². The van der Waals surface area contributed by atoms with Gasteiger partial charge in [0, 0.05) is 23.7 Å². The van der Waals surface area contributed by atoms with Gasteiger partial charge in [0.2, 0.25) is 11.8 Å². The lowest BCUT2D eigenvalue weighted by atomic mass is 10.2. The Morgan fingerprint density at radius 3 is 2.61 bits per heavy atom. The molecule has 9 heteroatoms. The molecule has 8 nitrogen and oxygen atoms in total. The molecule has 2 heterocycles. The number of carbonyl (C=O) groups excluding carboxylic acids is 1. The topological polar surface area (TPSA) is 108 Å². The van der Waals surface area contributed by atoms with E-state index in [9.17, 15) is 13.2 Å². The maximum absolute atomic E-state index is 12.8. The molecule has 1 atom stereocenters. The Hall–Kier alpha value is -3.33. The Bertz CT molecular complexity index is 1170. The van der Waals surface area contributed by atoms with E-state index in [2.05, 4.69) is 10.3 Å². The fourth-order valence-electron chi connectivity index (χ4n) is 3.07. The molecule has 1 aliphatic rings. The number of hydrogen-bond acceptors (Lipinski definition) is 7. The summed E-state index contributed by atoms with van der Waals surface area (Å²) < 4.78 is 42.1. The van der Waals surface area contributed by atoms with Crippen LogP contribution in [0.25, 0.3) is 11.5 Å². The first-order valence-corrected chi connectivity index (χ1v) is 11.6. The van der Waals surface area contributed by atoms with Gasteiger partial charge < -0.3 is 19.2 Å². The van der Waals surface area contributed by atoms with Crippen molar-refractivity contribution in [2.75, 3.05) is 18.5 Å². The van der Waals surface area contributed by atoms with Crippen molar-refractivity contribution >= 4 is 21.4 Å². The van der Waals surface area contributed by atoms with Gasteiger partial charge in [-0.25, -0.2) is 13.4 Å². The zero-order valence-electron chi connectivity index (χ0n) is 16.9. The SMILES string of the molecule is CC(C(=O)Nc1ccc2c(c1)OCCCO2)S(=O)(=O)Cc1coc(-c2ccccc2)n1. The highest BCUT2D eigenvalue weighted by Crippen LogP contribution is 2.32. The average molecular weight is 442 g/mol. The van der Waals surface area contributed by atoms with Crippen molar-refractivity contribution in [1.82, 2.24) is 4.98 Å². The summed E-state index contributed by atoms with van der Waals surface area (Å²) in [6.45, 7) is 2.42. The number of carbonyl (C=O) groups is 1. The van der Waals surface area contributed by atoms with Crippen LogP contribution < -0.4 is 14.8 Å². The third kappa shape index (κ3) is 4.88. The third-order valence-corrected chi connectivity index (χ3v) is 6.83. The molecular formula is C22H22N2O6S.